The lowest BCUT2D eigenvalue weighted by atomic mass is 9.98. The third-order valence-electron chi connectivity index (χ3n) is 5.38. The quantitative estimate of drug-likeness (QED) is 0.616. The molecule has 0 radical (unpaired) electrons. The fraction of sp³-hybridized carbons (Fsp3) is 0.154. The van der Waals surface area contributed by atoms with Crippen LogP contribution in [0.1, 0.15) is 38.5 Å². The Morgan fingerprint density at radius 2 is 1.61 bits per heavy atom. The minimum atomic E-state index is -1.03. The number of carbonyl (C=O) groups is 2. The highest BCUT2D eigenvalue weighted by Crippen LogP contribution is 2.44. The molecule has 0 fully saturated rings. The van der Waals surface area contributed by atoms with Gasteiger partial charge in [-0.25, -0.2) is 9.59 Å². The highest BCUT2D eigenvalue weighted by atomic mass is 16.5. The van der Waals surface area contributed by atoms with Crippen LogP contribution < -0.4 is 5.32 Å². The van der Waals surface area contributed by atoms with E-state index in [1.165, 1.54) is 17.2 Å². The number of carboxylic acid groups (broad SMARTS) is 1. The largest absolute Gasteiger partial charge is 0.478 e. The first kappa shape index (κ1) is 20.2. The van der Waals surface area contributed by atoms with Crippen molar-refractivity contribution in [2.75, 3.05) is 13.2 Å². The Balaban J connectivity index is 1.38. The van der Waals surface area contributed by atoms with Gasteiger partial charge in [0.05, 0.1) is 12.1 Å². The molecule has 0 aliphatic heterocycles. The first-order chi connectivity index (χ1) is 15.1. The van der Waals surface area contributed by atoms with Crippen molar-refractivity contribution in [3.63, 3.8) is 0 Å². The van der Waals surface area contributed by atoms with Crippen molar-refractivity contribution < 1.29 is 19.4 Å². The summed E-state index contributed by atoms with van der Waals surface area (Å²) in [5.74, 6) is 4.61. The van der Waals surface area contributed by atoms with Gasteiger partial charge in [-0.2, -0.15) is 0 Å². The number of benzene rings is 3. The van der Waals surface area contributed by atoms with Gasteiger partial charge in [0.15, 0.2) is 0 Å². The Labute approximate surface area is 180 Å². The van der Waals surface area contributed by atoms with Crippen molar-refractivity contribution in [2.24, 2.45) is 0 Å². The van der Waals surface area contributed by atoms with Crippen LogP contribution >= 0.6 is 0 Å². The van der Waals surface area contributed by atoms with E-state index in [4.69, 9.17) is 4.74 Å². The van der Waals surface area contributed by atoms with Gasteiger partial charge in [-0.1, -0.05) is 72.5 Å². The first-order valence-corrected chi connectivity index (χ1v) is 9.97. The van der Waals surface area contributed by atoms with Crippen molar-refractivity contribution in [1.82, 2.24) is 5.32 Å². The van der Waals surface area contributed by atoms with Crippen LogP contribution in [0.5, 0.6) is 0 Å². The average molecular weight is 411 g/mol. The number of ether oxygens (including phenoxy) is 1. The minimum Gasteiger partial charge on any atom is -0.478 e. The molecule has 154 valence electrons. The van der Waals surface area contributed by atoms with Crippen LogP contribution in [0, 0.1) is 18.8 Å². The number of aryl methyl sites for hydroxylation is 1. The second kappa shape index (κ2) is 8.76. The first-order valence-electron chi connectivity index (χ1n) is 9.97. The normalized spacial score (nSPS) is 11.6. The smallest absolute Gasteiger partial charge is 0.407 e. The van der Waals surface area contributed by atoms with Crippen LogP contribution in [-0.2, 0) is 4.74 Å². The number of amides is 1. The van der Waals surface area contributed by atoms with E-state index >= 15 is 0 Å². The van der Waals surface area contributed by atoms with E-state index in [0.717, 1.165) is 16.7 Å². The van der Waals surface area contributed by atoms with Crippen molar-refractivity contribution in [3.05, 3.63) is 94.5 Å². The molecule has 31 heavy (non-hydrogen) atoms. The molecule has 0 atom stereocenters. The topological polar surface area (TPSA) is 75.6 Å². The zero-order valence-corrected chi connectivity index (χ0v) is 17.0. The number of hydrogen-bond donors (Lipinski definition) is 2. The lowest BCUT2D eigenvalue weighted by molar-refractivity contribution is 0.0696. The molecule has 1 amide bonds. The van der Waals surface area contributed by atoms with E-state index in [1.807, 2.05) is 24.3 Å². The molecule has 1 aliphatic rings. The highest BCUT2D eigenvalue weighted by Gasteiger charge is 2.28. The summed E-state index contributed by atoms with van der Waals surface area (Å²) in [5.41, 5.74) is 6.01. The number of aromatic carboxylic acids is 1. The van der Waals surface area contributed by atoms with Crippen LogP contribution in [0.25, 0.3) is 11.1 Å². The molecule has 4 rings (SSSR count). The van der Waals surface area contributed by atoms with Gasteiger partial charge in [-0.05, 0) is 40.8 Å². The van der Waals surface area contributed by atoms with Crippen LogP contribution in [-0.4, -0.2) is 30.3 Å². The molecule has 0 saturated carbocycles. The molecular formula is C26H21NO4. The van der Waals surface area contributed by atoms with E-state index < -0.39 is 12.1 Å². The van der Waals surface area contributed by atoms with E-state index in [2.05, 4.69) is 41.4 Å². The van der Waals surface area contributed by atoms with Crippen LogP contribution in [0.2, 0.25) is 0 Å². The molecule has 0 bridgehead atoms. The number of hydrogen-bond acceptors (Lipinski definition) is 3. The summed E-state index contributed by atoms with van der Waals surface area (Å²) in [7, 11) is 0. The standard InChI is InChI=1S/C26H21NO4/c1-17-8-6-13-23(25(28)29)18(17)14-7-15-27-26(30)31-16-24-21-11-4-2-9-19(21)20-10-3-5-12-22(20)24/h2-6,8-13,24H,15-16H2,1H3,(H,27,30)(H,28,29). The van der Waals surface area contributed by atoms with Gasteiger partial charge < -0.3 is 15.2 Å². The zero-order valence-electron chi connectivity index (χ0n) is 17.0. The average Bonchev–Trinajstić information content (AvgIpc) is 3.09. The van der Waals surface area contributed by atoms with Gasteiger partial charge in [-0.3, -0.25) is 0 Å². The monoisotopic (exact) mass is 411 g/mol. The molecule has 0 saturated heterocycles. The summed E-state index contributed by atoms with van der Waals surface area (Å²) >= 11 is 0. The lowest BCUT2D eigenvalue weighted by Crippen LogP contribution is -2.26. The Hall–Kier alpha value is -4.04. The Morgan fingerprint density at radius 3 is 2.26 bits per heavy atom. The van der Waals surface area contributed by atoms with Gasteiger partial charge in [0.1, 0.15) is 6.61 Å². The van der Waals surface area contributed by atoms with E-state index in [1.54, 1.807) is 19.1 Å². The number of alkyl carbamates (subject to hydrolysis) is 1. The van der Waals surface area contributed by atoms with Crippen LogP contribution in [0.4, 0.5) is 4.79 Å². The molecule has 0 aromatic heterocycles. The maximum Gasteiger partial charge on any atom is 0.407 e. The van der Waals surface area contributed by atoms with Gasteiger partial charge in [0.25, 0.3) is 0 Å². The highest BCUT2D eigenvalue weighted by molar-refractivity contribution is 5.91. The molecule has 2 N–H and O–H groups in total. The predicted molar refractivity (Wildman–Crippen MR) is 118 cm³/mol. The summed E-state index contributed by atoms with van der Waals surface area (Å²) in [5, 5.41) is 11.9. The molecule has 0 spiro atoms. The molecule has 1 aliphatic carbocycles. The van der Waals surface area contributed by atoms with Gasteiger partial charge in [0, 0.05) is 11.5 Å². The SMILES string of the molecule is Cc1cccc(C(=O)O)c1C#CCNC(=O)OCC1c2ccccc2-c2ccccc21. The molecule has 0 heterocycles. The third-order valence-corrected chi connectivity index (χ3v) is 5.38. The summed E-state index contributed by atoms with van der Waals surface area (Å²) in [6, 6.07) is 21.3. The molecule has 5 nitrogen and oxygen atoms in total. The second-order valence-corrected chi connectivity index (χ2v) is 7.28. The van der Waals surface area contributed by atoms with E-state index in [-0.39, 0.29) is 24.6 Å². The van der Waals surface area contributed by atoms with E-state index in [0.29, 0.717) is 5.56 Å². The second-order valence-electron chi connectivity index (χ2n) is 7.28. The lowest BCUT2D eigenvalue weighted by Gasteiger charge is -2.14. The van der Waals surface area contributed by atoms with Gasteiger partial charge >= 0.3 is 12.1 Å². The van der Waals surface area contributed by atoms with Crippen molar-refractivity contribution in [1.29, 1.82) is 0 Å². The Bertz CT molecular complexity index is 1170. The number of carboxylic acids is 1. The van der Waals surface area contributed by atoms with Gasteiger partial charge in [0.2, 0.25) is 0 Å². The van der Waals surface area contributed by atoms with Gasteiger partial charge in [-0.15, -0.1) is 0 Å². The summed E-state index contributed by atoms with van der Waals surface area (Å²) < 4.78 is 5.47. The summed E-state index contributed by atoms with van der Waals surface area (Å²) in [6.45, 7) is 2.09. The van der Waals surface area contributed by atoms with Crippen molar-refractivity contribution >= 4 is 12.1 Å². The number of nitrogens with one attached hydrogen (secondary N) is 1. The number of fused-ring (bicyclic) bond motifs is 3. The fourth-order valence-electron chi connectivity index (χ4n) is 3.91. The van der Waals surface area contributed by atoms with Crippen molar-refractivity contribution in [3.8, 4) is 23.0 Å². The zero-order chi connectivity index (χ0) is 21.8. The minimum absolute atomic E-state index is 0.00525. The molecule has 3 aromatic rings. The Kier molecular flexibility index (Phi) is 5.72. The van der Waals surface area contributed by atoms with Crippen LogP contribution in [0.15, 0.2) is 66.7 Å². The predicted octanol–water partition coefficient (Wildman–Crippen LogP) is 4.58. The molecular weight excluding hydrogens is 390 g/mol. The maximum absolute atomic E-state index is 12.2. The molecule has 0 unspecified atom stereocenters. The molecule has 5 heteroatoms. The Morgan fingerprint density at radius 1 is 0.968 bits per heavy atom. The van der Waals surface area contributed by atoms with Crippen molar-refractivity contribution in [2.45, 2.75) is 12.8 Å². The fourth-order valence-corrected chi connectivity index (χ4v) is 3.91. The summed E-state index contributed by atoms with van der Waals surface area (Å²) in [4.78, 5) is 23.5. The van der Waals surface area contributed by atoms with E-state index in [9.17, 15) is 14.7 Å². The van der Waals surface area contributed by atoms with Crippen LogP contribution in [0.3, 0.4) is 0 Å². The maximum atomic E-state index is 12.2. The number of carbonyl (C=O) groups excluding carboxylic acids is 1. The molecule has 3 aromatic carbocycles. The number of rotatable bonds is 4. The summed E-state index contributed by atoms with van der Waals surface area (Å²) in [6.07, 6.45) is -0.556. The third kappa shape index (κ3) is 4.15.